The molecule has 0 aliphatic carbocycles. The van der Waals surface area contributed by atoms with Gasteiger partial charge in [0.2, 0.25) is 0 Å². The molecular formula is C18H22BrNO2. The highest BCUT2D eigenvalue weighted by Gasteiger charge is 2.42. The molecular weight excluding hydrogens is 342 g/mol. The number of aliphatic carboxylic acids is 1. The summed E-state index contributed by atoms with van der Waals surface area (Å²) in [6.07, 6.45) is 0.169. The van der Waals surface area contributed by atoms with Crippen molar-refractivity contribution in [3.05, 3.63) is 42.0 Å². The van der Waals surface area contributed by atoms with Gasteiger partial charge in [-0.05, 0) is 36.2 Å². The van der Waals surface area contributed by atoms with Crippen LogP contribution >= 0.6 is 17.0 Å². The van der Waals surface area contributed by atoms with Gasteiger partial charge in [-0.1, -0.05) is 37.3 Å². The van der Waals surface area contributed by atoms with Gasteiger partial charge in [-0.2, -0.15) is 0 Å². The number of halogens is 1. The smallest absolute Gasteiger partial charge is 0.305 e. The minimum Gasteiger partial charge on any atom is -0.481 e. The van der Waals surface area contributed by atoms with E-state index >= 15 is 0 Å². The van der Waals surface area contributed by atoms with E-state index in [1.807, 2.05) is 0 Å². The summed E-state index contributed by atoms with van der Waals surface area (Å²) in [7, 11) is 0. The molecule has 2 aromatic rings. The van der Waals surface area contributed by atoms with Crippen LogP contribution in [0, 0.1) is 0 Å². The number of hydrogen-bond donors (Lipinski definition) is 1. The van der Waals surface area contributed by atoms with Gasteiger partial charge >= 0.3 is 5.97 Å². The first-order chi connectivity index (χ1) is 9.93. The van der Waals surface area contributed by atoms with Crippen LogP contribution in [-0.4, -0.2) is 23.2 Å². The predicted octanol–water partition coefficient (Wildman–Crippen LogP) is 4.59. The zero-order chi connectivity index (χ0) is 15.2. The van der Waals surface area contributed by atoms with E-state index in [2.05, 4.69) is 62.1 Å². The third-order valence-electron chi connectivity index (χ3n) is 4.98. The topological polar surface area (TPSA) is 40.5 Å². The Morgan fingerprint density at radius 2 is 1.91 bits per heavy atom. The van der Waals surface area contributed by atoms with Crippen molar-refractivity contribution in [2.45, 2.75) is 38.6 Å². The van der Waals surface area contributed by atoms with Crippen LogP contribution in [0.1, 0.15) is 38.7 Å². The monoisotopic (exact) mass is 363 g/mol. The van der Waals surface area contributed by atoms with Crippen molar-refractivity contribution in [2.24, 2.45) is 0 Å². The van der Waals surface area contributed by atoms with E-state index < -0.39 is 5.97 Å². The van der Waals surface area contributed by atoms with Crippen molar-refractivity contribution in [3.8, 4) is 0 Å². The highest BCUT2D eigenvalue weighted by molar-refractivity contribution is 8.93. The first-order valence-electron chi connectivity index (χ1n) is 7.44. The normalized spacial score (nSPS) is 18.9. The Hall–Kier alpha value is -1.55. The lowest BCUT2D eigenvalue weighted by atomic mass is 9.85. The number of rotatable bonds is 3. The number of anilines is 1. The van der Waals surface area contributed by atoms with Crippen LogP contribution < -0.4 is 4.90 Å². The van der Waals surface area contributed by atoms with E-state index in [0.29, 0.717) is 12.5 Å². The van der Waals surface area contributed by atoms with Gasteiger partial charge in [0.15, 0.2) is 0 Å². The number of carboxylic acid groups (broad SMARTS) is 1. The molecule has 3 nitrogen and oxygen atoms in total. The van der Waals surface area contributed by atoms with Crippen molar-refractivity contribution in [1.29, 1.82) is 0 Å². The summed E-state index contributed by atoms with van der Waals surface area (Å²) >= 11 is 0. The lowest BCUT2D eigenvalue weighted by Gasteiger charge is -2.36. The molecule has 1 N–H and O–H groups in total. The molecule has 0 aromatic heterocycles. The van der Waals surface area contributed by atoms with Crippen LogP contribution in [0.5, 0.6) is 0 Å². The zero-order valence-corrected chi connectivity index (χ0v) is 14.9. The second kappa shape index (κ2) is 5.92. The van der Waals surface area contributed by atoms with Gasteiger partial charge in [0.25, 0.3) is 0 Å². The Kier molecular flexibility index (Phi) is 4.52. The summed E-state index contributed by atoms with van der Waals surface area (Å²) in [4.78, 5) is 13.2. The van der Waals surface area contributed by atoms with Crippen LogP contribution in [0.4, 0.5) is 5.69 Å². The maximum atomic E-state index is 10.9. The van der Waals surface area contributed by atoms with Crippen molar-refractivity contribution < 1.29 is 9.90 Å². The molecule has 4 heteroatoms. The maximum Gasteiger partial charge on any atom is 0.305 e. The van der Waals surface area contributed by atoms with Crippen molar-refractivity contribution >= 4 is 39.4 Å². The van der Waals surface area contributed by atoms with Crippen LogP contribution in [0.25, 0.3) is 10.8 Å². The van der Waals surface area contributed by atoms with Gasteiger partial charge < -0.3 is 10.0 Å². The second-order valence-corrected chi connectivity index (χ2v) is 6.39. The third-order valence-corrected chi connectivity index (χ3v) is 4.98. The van der Waals surface area contributed by atoms with Crippen molar-refractivity contribution in [3.63, 3.8) is 0 Å². The first-order valence-corrected chi connectivity index (χ1v) is 7.44. The number of fused-ring (bicyclic) bond motifs is 3. The fraction of sp³-hybridized carbons (Fsp3) is 0.389. The van der Waals surface area contributed by atoms with Gasteiger partial charge in [0, 0.05) is 23.7 Å². The molecule has 1 aliphatic rings. The fourth-order valence-electron chi connectivity index (χ4n) is 3.49. The number of carboxylic acids is 1. The van der Waals surface area contributed by atoms with Gasteiger partial charge in [-0.3, -0.25) is 4.79 Å². The van der Waals surface area contributed by atoms with Crippen LogP contribution in [0.15, 0.2) is 36.4 Å². The molecule has 118 valence electrons. The van der Waals surface area contributed by atoms with Gasteiger partial charge in [0.05, 0.1) is 6.42 Å². The van der Waals surface area contributed by atoms with Crippen molar-refractivity contribution in [2.75, 3.05) is 11.4 Å². The molecule has 1 aliphatic heterocycles. The zero-order valence-electron chi connectivity index (χ0n) is 13.2. The molecule has 0 amide bonds. The lowest BCUT2D eigenvalue weighted by Crippen LogP contribution is -2.43. The predicted molar refractivity (Wildman–Crippen MR) is 96.4 cm³/mol. The van der Waals surface area contributed by atoms with Crippen LogP contribution in [0.2, 0.25) is 0 Å². The second-order valence-electron chi connectivity index (χ2n) is 6.39. The quantitative estimate of drug-likeness (QED) is 0.866. The first kappa shape index (κ1) is 16.8. The summed E-state index contributed by atoms with van der Waals surface area (Å²) in [6, 6.07) is 12.7. The molecule has 1 unspecified atom stereocenters. The minimum atomic E-state index is -0.743. The Bertz CT molecular complexity index is 711. The molecule has 0 fully saturated rings. The van der Waals surface area contributed by atoms with Crippen LogP contribution in [-0.2, 0) is 4.79 Å². The summed E-state index contributed by atoms with van der Waals surface area (Å²) in [6.45, 7) is 7.20. The Labute approximate surface area is 141 Å². The van der Waals surface area contributed by atoms with Gasteiger partial charge in [-0.15, -0.1) is 17.0 Å². The summed E-state index contributed by atoms with van der Waals surface area (Å²) in [5.74, 6) is -0.375. The summed E-state index contributed by atoms with van der Waals surface area (Å²) in [5.41, 5.74) is 2.47. The third kappa shape index (κ3) is 2.50. The number of nitrogens with zero attached hydrogens (tertiary/aromatic N) is 1. The average Bonchev–Trinajstić information content (AvgIpc) is 2.64. The Morgan fingerprint density at radius 3 is 2.59 bits per heavy atom. The number of hydrogen-bond acceptors (Lipinski definition) is 2. The Balaban J connectivity index is 0.00000176. The molecule has 0 radical (unpaired) electrons. The minimum absolute atomic E-state index is 0. The average molecular weight is 364 g/mol. The van der Waals surface area contributed by atoms with E-state index in [4.69, 9.17) is 5.11 Å². The summed E-state index contributed by atoms with van der Waals surface area (Å²) in [5, 5.41) is 11.5. The number of benzene rings is 2. The largest absolute Gasteiger partial charge is 0.481 e. The molecule has 1 atom stereocenters. The SMILES string of the molecule is Br.CC1c2c(ccc3ccccc23)N(CCC(=O)O)C1(C)C. The van der Waals surface area contributed by atoms with E-state index in [-0.39, 0.29) is 28.9 Å². The number of carbonyl (C=O) groups is 1. The molecule has 3 rings (SSSR count). The highest BCUT2D eigenvalue weighted by atomic mass is 79.9. The van der Waals surface area contributed by atoms with Gasteiger partial charge in [0.1, 0.15) is 0 Å². The molecule has 0 spiro atoms. The van der Waals surface area contributed by atoms with Crippen LogP contribution in [0.3, 0.4) is 0 Å². The molecule has 2 aromatic carbocycles. The maximum absolute atomic E-state index is 10.9. The molecule has 0 saturated heterocycles. The molecule has 0 saturated carbocycles. The molecule has 1 heterocycles. The summed E-state index contributed by atoms with van der Waals surface area (Å²) < 4.78 is 0. The Morgan fingerprint density at radius 1 is 1.23 bits per heavy atom. The van der Waals surface area contributed by atoms with E-state index in [9.17, 15) is 4.79 Å². The van der Waals surface area contributed by atoms with Gasteiger partial charge in [-0.25, -0.2) is 0 Å². The standard InChI is InChI=1S/C18H21NO2.BrH/c1-12-17-14-7-5-4-6-13(14)8-9-15(17)19(18(12,2)3)11-10-16(20)21;/h4-9,12H,10-11H2,1-3H3,(H,20,21);1H. The molecule has 0 bridgehead atoms. The van der Waals surface area contributed by atoms with Crippen molar-refractivity contribution in [1.82, 2.24) is 0 Å². The molecule has 22 heavy (non-hydrogen) atoms. The van der Waals surface area contributed by atoms with E-state index in [1.54, 1.807) is 0 Å². The highest BCUT2D eigenvalue weighted by Crippen LogP contribution is 2.49. The van der Waals surface area contributed by atoms with E-state index in [1.165, 1.54) is 22.0 Å². The van der Waals surface area contributed by atoms with E-state index in [0.717, 1.165) is 0 Å². The lowest BCUT2D eigenvalue weighted by molar-refractivity contribution is -0.136. The fourth-order valence-corrected chi connectivity index (χ4v) is 3.49.